The van der Waals surface area contributed by atoms with Crippen LogP contribution in [0.2, 0.25) is 0 Å². The van der Waals surface area contributed by atoms with Crippen LogP contribution in [0.1, 0.15) is 25.0 Å². The lowest BCUT2D eigenvalue weighted by atomic mass is 9.81. The van der Waals surface area contributed by atoms with E-state index in [1.807, 2.05) is 0 Å². The third kappa shape index (κ3) is 4.31. The van der Waals surface area contributed by atoms with Crippen molar-refractivity contribution in [3.63, 3.8) is 0 Å². The molecule has 0 aliphatic heterocycles. The number of hydrogen-bond acceptors (Lipinski definition) is 1. The van der Waals surface area contributed by atoms with Crippen molar-refractivity contribution < 1.29 is 4.42 Å². The van der Waals surface area contributed by atoms with Crippen LogP contribution in [0.25, 0.3) is 110 Å². The molecule has 1 aromatic heterocycles. The summed E-state index contributed by atoms with van der Waals surface area (Å²) in [5.74, 6) is 0. The summed E-state index contributed by atoms with van der Waals surface area (Å²) < 4.78 is 6.75. The predicted octanol–water partition coefficient (Wildman–Crippen LogP) is 15.5. The molecule has 0 bridgehead atoms. The third-order valence-electron chi connectivity index (χ3n) is 12.7. The summed E-state index contributed by atoms with van der Waals surface area (Å²) in [6.07, 6.45) is 0. The highest BCUT2D eigenvalue weighted by Gasteiger charge is 2.35. The van der Waals surface area contributed by atoms with Crippen LogP contribution in [0, 0.1) is 0 Å². The molecular weight excluding hydrogens is 677 g/mol. The Bertz CT molecular complexity index is 3370. The first-order chi connectivity index (χ1) is 27.5. The van der Waals surface area contributed by atoms with E-state index in [-0.39, 0.29) is 5.41 Å². The minimum Gasteiger partial charge on any atom is -0.456 e. The number of benzene rings is 10. The van der Waals surface area contributed by atoms with Gasteiger partial charge in [0.1, 0.15) is 11.2 Å². The van der Waals surface area contributed by atoms with Crippen molar-refractivity contribution >= 4 is 65.0 Å². The minimum atomic E-state index is -0.0316. The van der Waals surface area contributed by atoms with Crippen LogP contribution in [0.4, 0.5) is 0 Å². The fraction of sp³-hybridized carbons (Fsp3) is 0.0545. The Hall–Kier alpha value is -6.96. The van der Waals surface area contributed by atoms with E-state index in [2.05, 4.69) is 196 Å². The SMILES string of the molecule is CC1(C)c2ccccc2-c2ccc(-c3ccc(-c4c5ccccc5c(-c5cc6oc7ccc8ccccc8c7c6c6ccccc56)c5ccccc45)cc3)cc21. The van der Waals surface area contributed by atoms with Gasteiger partial charge in [-0.15, -0.1) is 0 Å². The van der Waals surface area contributed by atoms with E-state index in [1.165, 1.54) is 109 Å². The van der Waals surface area contributed by atoms with Gasteiger partial charge in [0.05, 0.1) is 0 Å². The van der Waals surface area contributed by atoms with Crippen molar-refractivity contribution in [3.05, 3.63) is 193 Å². The van der Waals surface area contributed by atoms with Crippen molar-refractivity contribution in [1.29, 1.82) is 0 Å². The Balaban J connectivity index is 1.06. The van der Waals surface area contributed by atoms with Gasteiger partial charge in [-0.05, 0) is 117 Å². The molecule has 0 atom stereocenters. The van der Waals surface area contributed by atoms with E-state index in [9.17, 15) is 0 Å². The van der Waals surface area contributed by atoms with Crippen molar-refractivity contribution in [2.45, 2.75) is 19.3 Å². The number of hydrogen-bond donors (Lipinski definition) is 0. The highest BCUT2D eigenvalue weighted by atomic mass is 16.3. The lowest BCUT2D eigenvalue weighted by Crippen LogP contribution is -2.14. The second kappa shape index (κ2) is 11.5. The summed E-state index contributed by atoms with van der Waals surface area (Å²) in [7, 11) is 0. The average Bonchev–Trinajstić information content (AvgIpc) is 3.75. The smallest absolute Gasteiger partial charge is 0.136 e. The number of fused-ring (bicyclic) bond motifs is 12. The lowest BCUT2D eigenvalue weighted by Gasteiger charge is -2.22. The molecule has 0 fully saturated rings. The molecule has 56 heavy (non-hydrogen) atoms. The van der Waals surface area contributed by atoms with Gasteiger partial charge in [0, 0.05) is 16.2 Å². The fourth-order valence-corrected chi connectivity index (χ4v) is 10.1. The molecule has 1 aliphatic carbocycles. The van der Waals surface area contributed by atoms with E-state index in [0.717, 1.165) is 11.2 Å². The molecule has 12 rings (SSSR count). The monoisotopic (exact) mass is 712 g/mol. The molecule has 11 aromatic rings. The molecule has 0 saturated heterocycles. The Morgan fingerprint density at radius 3 is 1.61 bits per heavy atom. The predicted molar refractivity (Wildman–Crippen MR) is 238 cm³/mol. The Morgan fingerprint density at radius 2 is 0.875 bits per heavy atom. The normalized spacial score (nSPS) is 13.3. The molecule has 262 valence electrons. The van der Waals surface area contributed by atoms with Crippen LogP contribution in [0.3, 0.4) is 0 Å². The second-order valence-corrected chi connectivity index (χ2v) is 16.0. The summed E-state index contributed by atoms with van der Waals surface area (Å²) in [5, 5.41) is 12.2. The maximum absolute atomic E-state index is 6.75. The van der Waals surface area contributed by atoms with Gasteiger partial charge >= 0.3 is 0 Å². The van der Waals surface area contributed by atoms with Crippen molar-refractivity contribution in [1.82, 2.24) is 0 Å². The number of rotatable bonds is 3. The molecule has 1 heterocycles. The third-order valence-corrected chi connectivity index (χ3v) is 12.7. The van der Waals surface area contributed by atoms with Crippen LogP contribution in [0.15, 0.2) is 186 Å². The van der Waals surface area contributed by atoms with Crippen LogP contribution >= 0.6 is 0 Å². The zero-order valence-electron chi connectivity index (χ0n) is 31.2. The van der Waals surface area contributed by atoms with Gasteiger partial charge in [-0.1, -0.05) is 178 Å². The van der Waals surface area contributed by atoms with E-state index in [0.29, 0.717) is 0 Å². The molecule has 0 amide bonds. The minimum absolute atomic E-state index is 0.0316. The molecule has 0 spiro atoms. The molecule has 0 unspecified atom stereocenters. The zero-order valence-corrected chi connectivity index (χ0v) is 31.2. The van der Waals surface area contributed by atoms with E-state index >= 15 is 0 Å². The summed E-state index contributed by atoms with van der Waals surface area (Å²) in [5.41, 5.74) is 14.7. The van der Waals surface area contributed by atoms with E-state index in [1.54, 1.807) is 0 Å². The Kier molecular flexibility index (Phi) is 6.46. The van der Waals surface area contributed by atoms with Gasteiger partial charge in [0.2, 0.25) is 0 Å². The largest absolute Gasteiger partial charge is 0.456 e. The number of furan rings is 1. The van der Waals surface area contributed by atoms with Gasteiger partial charge < -0.3 is 4.42 Å². The van der Waals surface area contributed by atoms with Crippen molar-refractivity contribution in [3.8, 4) is 44.5 Å². The quantitative estimate of drug-likeness (QED) is 0.166. The first kappa shape index (κ1) is 31.4. The molecule has 1 nitrogen and oxygen atoms in total. The maximum atomic E-state index is 6.75. The Labute approximate surface area is 325 Å². The zero-order chi connectivity index (χ0) is 37.1. The van der Waals surface area contributed by atoms with Crippen LogP contribution in [-0.2, 0) is 5.41 Å². The topological polar surface area (TPSA) is 13.1 Å². The molecule has 1 heteroatoms. The van der Waals surface area contributed by atoms with Crippen LogP contribution in [-0.4, -0.2) is 0 Å². The summed E-state index contributed by atoms with van der Waals surface area (Å²) in [4.78, 5) is 0. The summed E-state index contributed by atoms with van der Waals surface area (Å²) >= 11 is 0. The van der Waals surface area contributed by atoms with E-state index < -0.39 is 0 Å². The molecule has 0 saturated carbocycles. The second-order valence-electron chi connectivity index (χ2n) is 16.0. The molecule has 1 aliphatic rings. The van der Waals surface area contributed by atoms with Gasteiger partial charge in [0.15, 0.2) is 0 Å². The molecule has 10 aromatic carbocycles. The lowest BCUT2D eigenvalue weighted by molar-refractivity contribution is 0.660. The Morgan fingerprint density at radius 1 is 0.339 bits per heavy atom. The molecule has 0 N–H and O–H groups in total. The highest BCUT2D eigenvalue weighted by Crippen LogP contribution is 2.51. The fourth-order valence-electron chi connectivity index (χ4n) is 10.1. The first-order valence-electron chi connectivity index (χ1n) is 19.6. The van der Waals surface area contributed by atoms with Gasteiger partial charge in [-0.25, -0.2) is 0 Å². The average molecular weight is 713 g/mol. The first-order valence-corrected chi connectivity index (χ1v) is 19.6. The molecule has 0 radical (unpaired) electrons. The van der Waals surface area contributed by atoms with Gasteiger partial charge in [0.25, 0.3) is 0 Å². The highest BCUT2D eigenvalue weighted by molar-refractivity contribution is 6.31. The standard InChI is InChI=1S/C55H36O/c1-55(2)47-22-12-11-16-39(47)40-29-27-36(31-48(40)55)33-23-25-35(26-24-33)51-42-18-7-9-20-44(42)52(45-21-10-8-19-43(45)51)46-32-50-54(41-17-6-5-15-38(41)46)53-37-14-4-3-13-34(37)28-30-49(53)56-50/h3-32H,1-2H3. The van der Waals surface area contributed by atoms with Gasteiger partial charge in [-0.3, -0.25) is 0 Å². The summed E-state index contributed by atoms with van der Waals surface area (Å²) in [6.45, 7) is 4.70. The van der Waals surface area contributed by atoms with Crippen LogP contribution in [0.5, 0.6) is 0 Å². The molecular formula is C55H36O. The van der Waals surface area contributed by atoms with Crippen molar-refractivity contribution in [2.75, 3.05) is 0 Å². The summed E-state index contributed by atoms with van der Waals surface area (Å²) in [6, 6.07) is 67.1. The van der Waals surface area contributed by atoms with Crippen LogP contribution < -0.4 is 0 Å². The van der Waals surface area contributed by atoms with Gasteiger partial charge in [-0.2, -0.15) is 0 Å². The maximum Gasteiger partial charge on any atom is 0.136 e. The van der Waals surface area contributed by atoms with Crippen molar-refractivity contribution in [2.24, 2.45) is 0 Å². The van der Waals surface area contributed by atoms with E-state index in [4.69, 9.17) is 4.42 Å².